The molecule has 2 aromatic carbocycles. The molecule has 7 heteroatoms. The highest BCUT2D eigenvalue weighted by Gasteiger charge is 2.19. The van der Waals surface area contributed by atoms with E-state index in [0.717, 1.165) is 29.8 Å². The number of fused-ring (bicyclic) bond motifs is 1. The fourth-order valence-corrected chi connectivity index (χ4v) is 3.72. The molecule has 0 aliphatic carbocycles. The molecule has 1 aliphatic heterocycles. The van der Waals surface area contributed by atoms with Crippen LogP contribution in [0.2, 0.25) is 0 Å². The number of aromatic amines is 1. The average Bonchev–Trinajstić information content (AvgIpc) is 3.18. The Bertz CT molecular complexity index is 1020. The molecule has 29 heavy (non-hydrogen) atoms. The Hall–Kier alpha value is -3.06. The number of imidazole rings is 1. The molecule has 0 spiro atoms. The van der Waals surface area contributed by atoms with Crippen LogP contribution in [0.25, 0.3) is 22.4 Å². The van der Waals surface area contributed by atoms with Gasteiger partial charge in [0.15, 0.2) is 0 Å². The molecule has 0 atom stereocenters. The van der Waals surface area contributed by atoms with Crippen LogP contribution in [0.5, 0.6) is 5.75 Å². The number of ether oxygens (including phenoxy) is 1. The second-order valence-electron chi connectivity index (χ2n) is 7.10. The Morgan fingerprint density at radius 2 is 1.93 bits per heavy atom. The summed E-state index contributed by atoms with van der Waals surface area (Å²) in [6.07, 6.45) is 0. The van der Waals surface area contributed by atoms with Crippen LogP contribution in [0.4, 0.5) is 5.69 Å². The third-order valence-electron chi connectivity index (χ3n) is 5.39. The lowest BCUT2D eigenvalue weighted by Crippen LogP contribution is -2.40. The fourth-order valence-electron chi connectivity index (χ4n) is 3.72. The number of carbonyl (C=O) groups excluding carboxylic acids is 1. The first-order valence-corrected chi connectivity index (χ1v) is 10.1. The molecule has 1 aromatic heterocycles. The number of rotatable bonds is 5. The molecule has 2 N–H and O–H groups in total. The van der Waals surface area contributed by atoms with Gasteiger partial charge in [-0.15, -0.1) is 0 Å². The van der Waals surface area contributed by atoms with Crippen LogP contribution in [0, 0.1) is 0 Å². The van der Waals surface area contributed by atoms with Crippen molar-refractivity contribution in [3.63, 3.8) is 0 Å². The maximum absolute atomic E-state index is 12.7. The Balaban J connectivity index is 1.63. The summed E-state index contributed by atoms with van der Waals surface area (Å²) in [5.74, 6) is 0.760. The number of aromatic hydroxyl groups is 1. The summed E-state index contributed by atoms with van der Waals surface area (Å²) in [6, 6.07) is 11.1. The molecule has 0 saturated carbocycles. The van der Waals surface area contributed by atoms with Crippen molar-refractivity contribution in [2.75, 3.05) is 44.3 Å². The first-order valence-electron chi connectivity index (χ1n) is 10.1. The molecule has 0 unspecified atom stereocenters. The number of hydrogen-bond donors (Lipinski definition) is 2. The third-order valence-corrected chi connectivity index (χ3v) is 5.39. The lowest BCUT2D eigenvalue weighted by Gasteiger charge is -2.26. The normalized spacial score (nSPS) is 14.3. The first kappa shape index (κ1) is 19.3. The molecule has 0 radical (unpaired) electrons. The van der Waals surface area contributed by atoms with Crippen molar-refractivity contribution in [1.29, 1.82) is 0 Å². The lowest BCUT2D eigenvalue weighted by molar-refractivity contribution is 0.0303. The van der Waals surface area contributed by atoms with Gasteiger partial charge in [0.1, 0.15) is 11.6 Å². The van der Waals surface area contributed by atoms with Gasteiger partial charge in [-0.1, -0.05) is 0 Å². The van der Waals surface area contributed by atoms with Gasteiger partial charge in [0.25, 0.3) is 5.91 Å². The highest BCUT2D eigenvalue weighted by Crippen LogP contribution is 2.32. The van der Waals surface area contributed by atoms with Gasteiger partial charge in [-0.05, 0) is 44.2 Å². The summed E-state index contributed by atoms with van der Waals surface area (Å²) in [4.78, 5) is 24.5. The number of aromatic nitrogens is 2. The van der Waals surface area contributed by atoms with Crippen molar-refractivity contribution in [3.8, 4) is 17.1 Å². The molecular weight excluding hydrogens is 368 g/mol. The number of H-pyrrole nitrogens is 1. The van der Waals surface area contributed by atoms with Crippen LogP contribution in [-0.2, 0) is 4.74 Å². The van der Waals surface area contributed by atoms with E-state index in [1.165, 1.54) is 0 Å². The highest BCUT2D eigenvalue weighted by atomic mass is 16.5. The van der Waals surface area contributed by atoms with Crippen LogP contribution >= 0.6 is 0 Å². The molecule has 152 valence electrons. The number of amides is 1. The molecule has 1 fully saturated rings. The maximum atomic E-state index is 12.7. The zero-order valence-electron chi connectivity index (χ0n) is 16.8. The molecule has 1 aliphatic rings. The minimum atomic E-state index is -0.00206. The second-order valence-corrected chi connectivity index (χ2v) is 7.10. The zero-order valence-corrected chi connectivity index (χ0v) is 16.8. The zero-order chi connectivity index (χ0) is 20.4. The van der Waals surface area contributed by atoms with E-state index in [4.69, 9.17) is 4.74 Å². The fraction of sp³-hybridized carbons (Fsp3) is 0.364. The summed E-state index contributed by atoms with van der Waals surface area (Å²) < 4.78 is 5.32. The molecular formula is C22H26N4O3. The topological polar surface area (TPSA) is 81.7 Å². The van der Waals surface area contributed by atoms with Gasteiger partial charge in [0.2, 0.25) is 0 Å². The van der Waals surface area contributed by atoms with Crippen LogP contribution in [0.3, 0.4) is 0 Å². The van der Waals surface area contributed by atoms with E-state index in [0.29, 0.717) is 43.3 Å². The standard InChI is InChI=1S/C22H26N4O3/c1-3-25(4-2)16-6-7-17(20(27)14-16)21-23-18-8-5-15(13-19(18)24-21)22(28)26-9-11-29-12-10-26/h5-8,13-14,27H,3-4,9-12H2,1-2H3,(H,23,24). The smallest absolute Gasteiger partial charge is 0.254 e. The Kier molecular flexibility index (Phi) is 5.40. The predicted molar refractivity (Wildman–Crippen MR) is 113 cm³/mol. The van der Waals surface area contributed by atoms with E-state index in [1.807, 2.05) is 24.3 Å². The second kappa shape index (κ2) is 8.13. The van der Waals surface area contributed by atoms with Gasteiger partial charge in [-0.2, -0.15) is 0 Å². The number of phenolic OH excluding ortho intramolecular Hbond substituents is 1. The molecule has 0 bridgehead atoms. The summed E-state index contributed by atoms with van der Waals surface area (Å²) in [5.41, 5.74) is 3.76. The molecule has 4 rings (SSSR count). The van der Waals surface area contributed by atoms with E-state index >= 15 is 0 Å². The maximum Gasteiger partial charge on any atom is 0.254 e. The molecule has 7 nitrogen and oxygen atoms in total. The summed E-state index contributed by atoms with van der Waals surface area (Å²) in [7, 11) is 0. The molecule has 1 amide bonds. The Labute approximate surface area is 169 Å². The predicted octanol–water partition coefficient (Wildman–Crippen LogP) is 3.25. The average molecular weight is 394 g/mol. The van der Waals surface area contributed by atoms with Crippen molar-refractivity contribution >= 4 is 22.6 Å². The van der Waals surface area contributed by atoms with Crippen molar-refractivity contribution in [2.24, 2.45) is 0 Å². The number of nitrogens with zero attached hydrogens (tertiary/aromatic N) is 3. The van der Waals surface area contributed by atoms with Gasteiger partial charge < -0.3 is 24.6 Å². The van der Waals surface area contributed by atoms with Crippen LogP contribution in [0.15, 0.2) is 36.4 Å². The number of anilines is 1. The number of phenols is 1. The largest absolute Gasteiger partial charge is 0.507 e. The monoisotopic (exact) mass is 394 g/mol. The quantitative estimate of drug-likeness (QED) is 0.694. The first-order chi connectivity index (χ1) is 14.1. The summed E-state index contributed by atoms with van der Waals surface area (Å²) >= 11 is 0. The van der Waals surface area contributed by atoms with Crippen LogP contribution in [-0.4, -0.2) is 65.3 Å². The van der Waals surface area contributed by atoms with E-state index in [2.05, 4.69) is 28.7 Å². The van der Waals surface area contributed by atoms with Gasteiger partial charge in [-0.25, -0.2) is 4.98 Å². The van der Waals surface area contributed by atoms with Gasteiger partial charge in [-0.3, -0.25) is 4.79 Å². The van der Waals surface area contributed by atoms with E-state index in [1.54, 1.807) is 17.0 Å². The minimum absolute atomic E-state index is 0.00206. The van der Waals surface area contributed by atoms with Gasteiger partial charge >= 0.3 is 0 Å². The summed E-state index contributed by atoms with van der Waals surface area (Å²) in [5, 5.41) is 10.6. The minimum Gasteiger partial charge on any atom is -0.507 e. The Morgan fingerprint density at radius 3 is 2.62 bits per heavy atom. The van der Waals surface area contributed by atoms with Crippen LogP contribution in [0.1, 0.15) is 24.2 Å². The molecule has 3 aromatic rings. The lowest BCUT2D eigenvalue weighted by atomic mass is 10.1. The van der Waals surface area contributed by atoms with Crippen molar-refractivity contribution in [2.45, 2.75) is 13.8 Å². The van der Waals surface area contributed by atoms with Crippen molar-refractivity contribution in [3.05, 3.63) is 42.0 Å². The van der Waals surface area contributed by atoms with Gasteiger partial charge in [0.05, 0.1) is 29.8 Å². The Morgan fingerprint density at radius 1 is 1.17 bits per heavy atom. The van der Waals surface area contributed by atoms with Gasteiger partial charge in [0, 0.05) is 43.5 Å². The van der Waals surface area contributed by atoms with Crippen molar-refractivity contribution in [1.82, 2.24) is 14.9 Å². The molecule has 2 heterocycles. The number of morpholine rings is 1. The molecule has 1 saturated heterocycles. The number of benzene rings is 2. The van der Waals surface area contributed by atoms with E-state index < -0.39 is 0 Å². The number of hydrogen-bond acceptors (Lipinski definition) is 5. The van der Waals surface area contributed by atoms with E-state index in [-0.39, 0.29) is 11.7 Å². The van der Waals surface area contributed by atoms with Crippen LogP contribution < -0.4 is 4.90 Å². The SMILES string of the molecule is CCN(CC)c1ccc(-c2nc3ccc(C(=O)N4CCOCC4)cc3[nH]2)c(O)c1. The third kappa shape index (κ3) is 3.78. The number of carbonyl (C=O) groups is 1. The highest BCUT2D eigenvalue weighted by molar-refractivity contribution is 5.97. The van der Waals surface area contributed by atoms with E-state index in [9.17, 15) is 9.90 Å². The number of nitrogens with one attached hydrogen (secondary N) is 1. The summed E-state index contributed by atoms with van der Waals surface area (Å²) in [6.45, 7) is 8.29. The van der Waals surface area contributed by atoms with Crippen molar-refractivity contribution < 1.29 is 14.6 Å².